The maximum Gasteiger partial charge on any atom is 0.306 e. The highest BCUT2D eigenvalue weighted by Gasteiger charge is 2.77. The van der Waals surface area contributed by atoms with E-state index in [-0.39, 0.29) is 39.9 Å². The molecule has 5 fully saturated rings. The zero-order valence-electron chi connectivity index (χ0n) is 48.6. The summed E-state index contributed by atoms with van der Waals surface area (Å²) in [4.78, 5) is 27.1. The van der Waals surface area contributed by atoms with Crippen molar-refractivity contribution in [3.63, 3.8) is 0 Å². The summed E-state index contributed by atoms with van der Waals surface area (Å²) in [6.07, 6.45) is 34.4. The van der Waals surface area contributed by atoms with Crippen LogP contribution in [0.5, 0.6) is 0 Å². The molecule has 5 N–H and O–H groups in total. The third-order valence-electron chi connectivity index (χ3n) is 25.9. The molecular weight excluding hydrogens is 985 g/mol. The number of benzene rings is 2. The molecule has 14 atom stereocenters. The van der Waals surface area contributed by atoms with Crippen LogP contribution >= 0.6 is 0 Å². The number of aliphatic carboxylic acids is 1. The summed E-state index contributed by atoms with van der Waals surface area (Å²) in [5, 5.41) is 48.0. The Bertz CT molecular complexity index is 3180. The van der Waals surface area contributed by atoms with Gasteiger partial charge in [-0.3, -0.25) is 9.59 Å². The van der Waals surface area contributed by atoms with E-state index in [4.69, 9.17) is 6.58 Å². The molecule has 0 amide bonds. The van der Waals surface area contributed by atoms with Crippen molar-refractivity contribution in [1.82, 2.24) is 10.6 Å². The van der Waals surface area contributed by atoms with Crippen LogP contribution in [-0.4, -0.2) is 52.4 Å². The number of allylic oxidation sites excluding steroid dienone is 9. The minimum atomic E-state index is -0.739. The highest BCUT2D eigenvalue weighted by atomic mass is 16.4. The Morgan fingerprint density at radius 3 is 2.49 bits per heavy atom. The van der Waals surface area contributed by atoms with Crippen molar-refractivity contribution in [2.45, 2.75) is 187 Å². The van der Waals surface area contributed by atoms with Gasteiger partial charge in [-0.25, -0.2) is 0 Å². The molecule has 80 heavy (non-hydrogen) atoms. The molecule has 15 bridgehead atoms. The van der Waals surface area contributed by atoms with Crippen molar-refractivity contribution in [3.8, 4) is 0 Å². The van der Waals surface area contributed by atoms with E-state index in [9.17, 15) is 24.9 Å². The van der Waals surface area contributed by atoms with Gasteiger partial charge in [0.15, 0.2) is 0 Å². The van der Waals surface area contributed by atoms with Gasteiger partial charge in [0.05, 0.1) is 23.9 Å². The Balaban J connectivity index is 0.978. The second-order valence-corrected chi connectivity index (χ2v) is 29.2. The molecule has 2 aromatic carbocycles. The average molecular weight is 1080 g/mol. The van der Waals surface area contributed by atoms with Gasteiger partial charge in [-0.1, -0.05) is 148 Å². The molecule has 0 saturated heterocycles. The molecule has 0 radical (unpaired) electrons. The summed E-state index contributed by atoms with van der Waals surface area (Å²) in [6, 6.07) is 18.6. The van der Waals surface area contributed by atoms with Gasteiger partial charge in [0.25, 0.3) is 0 Å². The zero-order valence-corrected chi connectivity index (χ0v) is 48.6. The second-order valence-electron chi connectivity index (χ2n) is 29.2. The van der Waals surface area contributed by atoms with Crippen molar-refractivity contribution >= 4 is 29.0 Å². The van der Waals surface area contributed by atoms with Gasteiger partial charge in [0.2, 0.25) is 0 Å². The maximum atomic E-state index is 14.3. The van der Waals surface area contributed by atoms with Crippen molar-refractivity contribution in [2.75, 3.05) is 13.1 Å². The second kappa shape index (κ2) is 20.0. The number of rotatable bonds is 5. The predicted octanol–water partition coefficient (Wildman–Crippen LogP) is 13.0. The SMILES string of the molecule is C=C1CCC(C(=O)O)C2C(O)CC34CCCC(CC5=C3CC36C=C7C(=c8ccccc8=CC7C57CCC(O)C(C)(CC=C3CC(C)C3CCC(=O)CC3)C67)Cc3cccc(c3)C3=CC=C(NCCCC1C1CCCCC1)NC3)C24C. The first-order valence-corrected chi connectivity index (χ1v) is 32.4. The molecule has 6 heterocycles. The monoisotopic (exact) mass is 1080 g/mol. The van der Waals surface area contributed by atoms with Crippen LogP contribution in [0.3, 0.4) is 0 Å². The highest BCUT2D eigenvalue weighted by molar-refractivity contribution is 5.79. The molecule has 424 valence electrons. The fourth-order valence-electron chi connectivity index (χ4n) is 22.3. The Hall–Kier alpha value is -4.72. The van der Waals surface area contributed by atoms with Gasteiger partial charge in [0.1, 0.15) is 5.78 Å². The fourth-order valence-corrected chi connectivity index (χ4v) is 22.3. The summed E-state index contributed by atoms with van der Waals surface area (Å²) in [5.74, 6) is 2.09. The third-order valence-corrected chi connectivity index (χ3v) is 25.9. The van der Waals surface area contributed by atoms with Gasteiger partial charge in [-0.05, 0) is 201 Å². The molecule has 16 aliphatic rings. The van der Waals surface area contributed by atoms with E-state index in [0.717, 1.165) is 109 Å². The number of carbonyl (C=O) groups excluding carboxylic acids is 1. The fraction of sp³-hybridized carbons (Fsp3) is 0.616. The lowest BCUT2D eigenvalue weighted by Gasteiger charge is -2.75. The first-order valence-electron chi connectivity index (χ1n) is 32.4. The van der Waals surface area contributed by atoms with E-state index in [1.807, 2.05) is 0 Å². The Morgan fingerprint density at radius 1 is 0.863 bits per heavy atom. The van der Waals surface area contributed by atoms with Gasteiger partial charge in [-0.15, -0.1) is 0 Å². The maximum absolute atomic E-state index is 14.3. The molecule has 5 saturated carbocycles. The molecule has 18 rings (SSSR count). The van der Waals surface area contributed by atoms with Crippen molar-refractivity contribution < 1.29 is 24.9 Å². The number of aliphatic hydroxyl groups excluding tert-OH is 2. The average Bonchev–Trinajstić information content (AvgIpc) is 1.08. The number of fused-ring (bicyclic) bond motifs is 1. The van der Waals surface area contributed by atoms with E-state index in [1.165, 1.54) is 76.0 Å². The van der Waals surface area contributed by atoms with E-state index in [2.05, 4.69) is 110 Å². The lowest BCUT2D eigenvalue weighted by Crippen LogP contribution is -2.69. The minimum absolute atomic E-state index is 0.102. The van der Waals surface area contributed by atoms with Gasteiger partial charge in [-0.2, -0.15) is 0 Å². The summed E-state index contributed by atoms with van der Waals surface area (Å²) in [6.45, 7) is 14.0. The van der Waals surface area contributed by atoms with Crippen LogP contribution in [0.4, 0.5) is 0 Å². The molecule has 7 nitrogen and oxygen atoms in total. The third kappa shape index (κ3) is 7.96. The van der Waals surface area contributed by atoms with Crippen molar-refractivity contribution in [1.29, 1.82) is 0 Å². The predicted molar refractivity (Wildman–Crippen MR) is 320 cm³/mol. The number of carbonyl (C=O) groups is 2. The molecule has 0 aromatic heterocycles. The molecule has 6 aliphatic heterocycles. The van der Waals surface area contributed by atoms with E-state index in [0.29, 0.717) is 61.6 Å². The molecule has 2 aromatic rings. The number of dihydropyridines is 1. The number of nitrogens with one attached hydrogen (secondary N) is 2. The first-order chi connectivity index (χ1) is 38.7. The Labute approximate surface area is 477 Å². The number of carboxylic acids is 1. The minimum Gasteiger partial charge on any atom is -0.481 e. The van der Waals surface area contributed by atoms with Crippen LogP contribution in [-0.2, 0) is 16.0 Å². The molecular formula is C73H92N2O5. The van der Waals surface area contributed by atoms with Crippen molar-refractivity contribution in [2.24, 2.45) is 80.3 Å². The van der Waals surface area contributed by atoms with Crippen LogP contribution in [0, 0.1) is 80.3 Å². The number of carboxylic acid groups (broad SMARTS) is 1. The van der Waals surface area contributed by atoms with Crippen LogP contribution in [0.1, 0.15) is 180 Å². The molecule has 14 unspecified atom stereocenters. The number of Topliss-reactive ketones (excluding diaryl/α,β-unsaturated/α-hetero) is 1. The van der Waals surface area contributed by atoms with Crippen molar-refractivity contribution in [3.05, 3.63) is 135 Å². The van der Waals surface area contributed by atoms with E-state index < -0.39 is 34.9 Å². The molecule has 10 aliphatic carbocycles. The Kier molecular flexibility index (Phi) is 13.3. The van der Waals surface area contributed by atoms with E-state index in [1.54, 1.807) is 16.7 Å². The normalized spacial score (nSPS) is 40.1. The number of hydrogen-bond acceptors (Lipinski definition) is 6. The van der Waals surface area contributed by atoms with Gasteiger partial charge in [0, 0.05) is 59.4 Å². The first kappa shape index (κ1) is 53.3. The largest absolute Gasteiger partial charge is 0.481 e. The van der Waals surface area contributed by atoms with Gasteiger partial charge >= 0.3 is 5.97 Å². The lowest BCUT2D eigenvalue weighted by atomic mass is 9.29. The molecule has 7 heteroatoms. The number of ketones is 1. The van der Waals surface area contributed by atoms with E-state index >= 15 is 0 Å². The summed E-state index contributed by atoms with van der Waals surface area (Å²) >= 11 is 0. The van der Waals surface area contributed by atoms with Crippen LogP contribution in [0.2, 0.25) is 0 Å². The van der Waals surface area contributed by atoms with Crippen LogP contribution in [0.15, 0.2) is 113 Å². The smallest absolute Gasteiger partial charge is 0.306 e. The van der Waals surface area contributed by atoms with Crippen LogP contribution in [0.25, 0.3) is 17.2 Å². The topological polar surface area (TPSA) is 119 Å². The Morgan fingerprint density at radius 2 is 1.69 bits per heavy atom. The standard InChI is InChI=1S/C73H92N2O5/c1-44-21-27-57(67(79)80)66-63(77)42-72-31-11-18-52(70(66,72)4)39-61-62(72)41-71-40-59-58(37-46-13-10-17-49(36-46)51-24-28-65(75-43-51)74-34-12-20-55(44)48-14-6-5-7-15-48)56-19-9-8-16-50(56)38-60(59)73(61)33-30-64(78)69(3,68(71)73)32-29-53(71)35-45(2)47-22-25-54(76)26-23-47/h8-10,13,16-17,19,24,28-29,36,38,40,45,47-48,52,55,57,60,63-64,66,68,74-75,77-78H,1,5-7,11-12,14-15,18,20-23,25-27,30-35,37,39,41-43H2,2-4H3,(H,79,80). The van der Waals surface area contributed by atoms with Gasteiger partial charge < -0.3 is 26.0 Å². The summed E-state index contributed by atoms with van der Waals surface area (Å²) < 4.78 is 0. The van der Waals surface area contributed by atoms with Crippen LogP contribution < -0.4 is 21.1 Å². The lowest BCUT2D eigenvalue weighted by molar-refractivity contribution is -0.173. The molecule has 2 spiro atoms. The number of aliphatic hydroxyl groups is 2. The summed E-state index contributed by atoms with van der Waals surface area (Å²) in [7, 11) is 0. The quantitative estimate of drug-likeness (QED) is 0.189. The zero-order chi connectivity index (χ0) is 54.9. The highest BCUT2D eigenvalue weighted by Crippen LogP contribution is 2.84. The summed E-state index contributed by atoms with van der Waals surface area (Å²) in [5.41, 5.74) is 11.1. The number of hydrogen-bond donors (Lipinski definition) is 5.